The van der Waals surface area contributed by atoms with Crippen LogP contribution in [-0.2, 0) is 11.2 Å². The molecule has 1 unspecified atom stereocenters. The van der Waals surface area contributed by atoms with Crippen molar-refractivity contribution in [2.24, 2.45) is 0 Å². The third kappa shape index (κ3) is 4.37. The molecule has 0 spiro atoms. The lowest BCUT2D eigenvalue weighted by Gasteiger charge is -2.06. The number of carbonyl (C=O) groups is 1. The molecule has 0 aliphatic rings. The number of aromatic nitrogens is 1. The molecule has 1 aromatic carbocycles. The van der Waals surface area contributed by atoms with E-state index in [0.717, 1.165) is 12.1 Å². The van der Waals surface area contributed by atoms with E-state index >= 15 is 0 Å². The summed E-state index contributed by atoms with van der Waals surface area (Å²) in [4.78, 5) is 16.4. The van der Waals surface area contributed by atoms with Crippen molar-refractivity contribution in [1.29, 1.82) is 0 Å². The van der Waals surface area contributed by atoms with E-state index in [1.165, 1.54) is 22.5 Å². The maximum absolute atomic E-state index is 12.0. The van der Waals surface area contributed by atoms with Crippen LogP contribution in [0, 0.1) is 6.92 Å². The molecule has 0 saturated carbocycles. The van der Waals surface area contributed by atoms with Crippen LogP contribution in [0.15, 0.2) is 29.6 Å². The number of aryl methyl sites for hydroxylation is 2. The molecule has 112 valence electrons. The molecule has 0 bridgehead atoms. The van der Waals surface area contributed by atoms with Crippen molar-refractivity contribution in [2.45, 2.75) is 32.7 Å². The quantitative estimate of drug-likeness (QED) is 0.861. The van der Waals surface area contributed by atoms with Crippen LogP contribution in [0.5, 0.6) is 0 Å². The van der Waals surface area contributed by atoms with Gasteiger partial charge in [0.05, 0.1) is 5.69 Å². The highest BCUT2D eigenvalue weighted by Crippen LogP contribution is 2.20. The predicted molar refractivity (Wildman–Crippen MR) is 87.7 cm³/mol. The number of amides is 1. The number of carbonyl (C=O) groups excluding carboxylic acids is 1. The van der Waals surface area contributed by atoms with Crippen molar-refractivity contribution >= 4 is 22.4 Å². The molecule has 1 heterocycles. The number of nitrogens with one attached hydrogen (secondary N) is 2. The van der Waals surface area contributed by atoms with Crippen molar-refractivity contribution in [3.8, 4) is 0 Å². The van der Waals surface area contributed by atoms with Gasteiger partial charge in [-0.2, -0.15) is 0 Å². The van der Waals surface area contributed by atoms with E-state index < -0.39 is 0 Å². The molecular formula is C16H21N3OS. The molecule has 5 heteroatoms. The lowest BCUT2D eigenvalue weighted by molar-refractivity contribution is -0.116. The number of anilines is 1. The van der Waals surface area contributed by atoms with Crippen molar-refractivity contribution in [3.05, 3.63) is 46.5 Å². The normalized spacial score (nSPS) is 12.1. The van der Waals surface area contributed by atoms with E-state index in [1.54, 1.807) is 0 Å². The number of nitrogens with zero attached hydrogens (tertiary/aromatic N) is 1. The van der Waals surface area contributed by atoms with Crippen LogP contribution >= 0.6 is 11.3 Å². The molecule has 0 aliphatic heterocycles. The first-order chi connectivity index (χ1) is 10.1. The van der Waals surface area contributed by atoms with Crippen LogP contribution < -0.4 is 10.6 Å². The van der Waals surface area contributed by atoms with E-state index in [0.29, 0.717) is 11.6 Å². The maximum Gasteiger partial charge on any atom is 0.226 e. The number of benzene rings is 1. The highest BCUT2D eigenvalue weighted by Gasteiger charge is 2.10. The summed E-state index contributed by atoms with van der Waals surface area (Å²) in [7, 11) is 1.89. The zero-order valence-electron chi connectivity index (χ0n) is 12.6. The Hall–Kier alpha value is -1.72. The van der Waals surface area contributed by atoms with Gasteiger partial charge in [-0.1, -0.05) is 24.3 Å². The first kappa shape index (κ1) is 15.7. The van der Waals surface area contributed by atoms with Crippen LogP contribution in [-0.4, -0.2) is 17.9 Å². The van der Waals surface area contributed by atoms with E-state index in [-0.39, 0.29) is 11.9 Å². The SMILES string of the molecule is CNC(C)c1csc(NC(=O)CCc2ccccc2C)n1. The summed E-state index contributed by atoms with van der Waals surface area (Å²) in [6.45, 7) is 4.11. The molecule has 0 saturated heterocycles. The molecule has 0 aliphatic carbocycles. The lowest BCUT2D eigenvalue weighted by Crippen LogP contribution is -2.14. The molecule has 0 radical (unpaired) electrons. The van der Waals surface area contributed by atoms with Crippen LogP contribution in [0.1, 0.15) is 36.2 Å². The standard InChI is InChI=1S/C16H21N3OS/c1-11-6-4-5-7-13(11)8-9-15(20)19-16-18-14(10-21-16)12(2)17-3/h4-7,10,12,17H,8-9H2,1-3H3,(H,18,19,20). The summed E-state index contributed by atoms with van der Waals surface area (Å²) in [5.74, 6) is 0.0104. The predicted octanol–water partition coefficient (Wildman–Crippen LogP) is 3.30. The highest BCUT2D eigenvalue weighted by molar-refractivity contribution is 7.13. The molecule has 0 fully saturated rings. The Balaban J connectivity index is 1.87. The summed E-state index contributed by atoms with van der Waals surface area (Å²) < 4.78 is 0. The smallest absolute Gasteiger partial charge is 0.226 e. The van der Waals surface area contributed by atoms with Crippen molar-refractivity contribution in [3.63, 3.8) is 0 Å². The van der Waals surface area contributed by atoms with Gasteiger partial charge in [0.1, 0.15) is 0 Å². The van der Waals surface area contributed by atoms with Gasteiger partial charge in [0, 0.05) is 17.8 Å². The average Bonchev–Trinajstić information content (AvgIpc) is 2.94. The Morgan fingerprint density at radius 2 is 2.14 bits per heavy atom. The largest absolute Gasteiger partial charge is 0.312 e. The van der Waals surface area contributed by atoms with Gasteiger partial charge in [-0.05, 0) is 38.4 Å². The average molecular weight is 303 g/mol. The number of thiazole rings is 1. The second-order valence-electron chi connectivity index (χ2n) is 5.06. The van der Waals surface area contributed by atoms with Crippen LogP contribution in [0.3, 0.4) is 0 Å². The minimum Gasteiger partial charge on any atom is -0.312 e. The molecule has 1 amide bonds. The second-order valence-corrected chi connectivity index (χ2v) is 5.92. The maximum atomic E-state index is 12.0. The van der Waals surface area contributed by atoms with Crippen molar-refractivity contribution in [2.75, 3.05) is 12.4 Å². The summed E-state index contributed by atoms with van der Waals surface area (Å²) in [6, 6.07) is 8.35. The molecule has 1 atom stereocenters. The molecule has 21 heavy (non-hydrogen) atoms. The van der Waals surface area contributed by atoms with Gasteiger partial charge < -0.3 is 10.6 Å². The topological polar surface area (TPSA) is 54.0 Å². The Bertz CT molecular complexity index is 609. The Labute approximate surface area is 129 Å². The minimum absolute atomic E-state index is 0.0104. The first-order valence-corrected chi connectivity index (χ1v) is 7.95. The fraction of sp³-hybridized carbons (Fsp3) is 0.375. The fourth-order valence-corrected chi connectivity index (χ4v) is 2.83. The van der Waals surface area contributed by atoms with Crippen molar-refractivity contribution in [1.82, 2.24) is 10.3 Å². The van der Waals surface area contributed by atoms with Gasteiger partial charge in [-0.15, -0.1) is 11.3 Å². The minimum atomic E-state index is 0.0104. The summed E-state index contributed by atoms with van der Waals surface area (Å²) in [6.07, 6.45) is 1.23. The monoisotopic (exact) mass is 303 g/mol. The number of rotatable bonds is 6. The molecule has 2 N–H and O–H groups in total. The number of hydrogen-bond acceptors (Lipinski definition) is 4. The second kappa shape index (κ2) is 7.33. The van der Waals surface area contributed by atoms with Crippen LogP contribution in [0.4, 0.5) is 5.13 Å². The Kier molecular flexibility index (Phi) is 5.47. The third-order valence-corrected chi connectivity index (χ3v) is 4.30. The zero-order chi connectivity index (χ0) is 15.2. The van der Waals surface area contributed by atoms with Gasteiger partial charge >= 0.3 is 0 Å². The van der Waals surface area contributed by atoms with Crippen LogP contribution in [0.25, 0.3) is 0 Å². The zero-order valence-corrected chi connectivity index (χ0v) is 13.5. The molecule has 2 aromatic rings. The molecular weight excluding hydrogens is 282 g/mol. The van der Waals surface area contributed by atoms with Gasteiger partial charge in [0.25, 0.3) is 0 Å². The Morgan fingerprint density at radius 1 is 1.38 bits per heavy atom. The van der Waals surface area contributed by atoms with Crippen molar-refractivity contribution < 1.29 is 4.79 Å². The summed E-state index contributed by atoms with van der Waals surface area (Å²) >= 11 is 1.46. The van der Waals surface area contributed by atoms with E-state index in [2.05, 4.69) is 34.7 Å². The highest BCUT2D eigenvalue weighted by atomic mass is 32.1. The Morgan fingerprint density at radius 3 is 2.86 bits per heavy atom. The van der Waals surface area contributed by atoms with E-state index in [4.69, 9.17) is 0 Å². The molecule has 1 aromatic heterocycles. The first-order valence-electron chi connectivity index (χ1n) is 7.07. The van der Waals surface area contributed by atoms with Gasteiger partial charge in [0.15, 0.2) is 5.13 Å². The van der Waals surface area contributed by atoms with Gasteiger partial charge in [-0.3, -0.25) is 4.79 Å². The van der Waals surface area contributed by atoms with E-state index in [9.17, 15) is 4.79 Å². The molecule has 2 rings (SSSR count). The number of hydrogen-bond donors (Lipinski definition) is 2. The summed E-state index contributed by atoms with van der Waals surface area (Å²) in [5, 5.41) is 8.64. The summed E-state index contributed by atoms with van der Waals surface area (Å²) in [5.41, 5.74) is 3.40. The van der Waals surface area contributed by atoms with Gasteiger partial charge in [-0.25, -0.2) is 4.98 Å². The van der Waals surface area contributed by atoms with E-state index in [1.807, 2.05) is 31.5 Å². The molecule has 4 nitrogen and oxygen atoms in total. The lowest BCUT2D eigenvalue weighted by atomic mass is 10.0. The fourth-order valence-electron chi connectivity index (χ4n) is 2.01. The third-order valence-electron chi connectivity index (χ3n) is 3.53. The van der Waals surface area contributed by atoms with Crippen LogP contribution in [0.2, 0.25) is 0 Å². The van der Waals surface area contributed by atoms with Gasteiger partial charge in [0.2, 0.25) is 5.91 Å².